The Morgan fingerprint density at radius 3 is 2.41 bits per heavy atom. The Kier molecular flexibility index (Phi) is 8.40. The maximum atomic E-state index is 11.5. The van der Waals surface area contributed by atoms with E-state index in [-0.39, 0.29) is 31.3 Å². The van der Waals surface area contributed by atoms with E-state index in [2.05, 4.69) is 5.32 Å². The molecule has 0 spiro atoms. The molecule has 3 N–H and O–H groups in total. The van der Waals surface area contributed by atoms with Crippen LogP contribution in [0, 0.1) is 11.8 Å². The maximum Gasteiger partial charge on any atom is 0.303 e. The van der Waals surface area contributed by atoms with E-state index >= 15 is 0 Å². The van der Waals surface area contributed by atoms with E-state index in [4.69, 9.17) is 10.2 Å². The van der Waals surface area contributed by atoms with Gasteiger partial charge in [-0.15, -0.1) is 0 Å². The second-order valence-corrected chi connectivity index (χ2v) is 4.50. The lowest BCUT2D eigenvalue weighted by atomic mass is 10.0. The van der Waals surface area contributed by atoms with Crippen molar-refractivity contribution in [1.82, 2.24) is 5.32 Å². The molecule has 5 heteroatoms. The molecule has 100 valence electrons. The Labute approximate surface area is 102 Å². The third kappa shape index (κ3) is 8.68. The minimum Gasteiger partial charge on any atom is -0.481 e. The van der Waals surface area contributed by atoms with Crippen molar-refractivity contribution in [1.29, 1.82) is 0 Å². The predicted molar refractivity (Wildman–Crippen MR) is 64.5 cm³/mol. The molecule has 0 aliphatic heterocycles. The summed E-state index contributed by atoms with van der Waals surface area (Å²) in [4.78, 5) is 21.9. The van der Waals surface area contributed by atoms with E-state index < -0.39 is 5.97 Å². The van der Waals surface area contributed by atoms with Gasteiger partial charge in [0.1, 0.15) is 0 Å². The van der Waals surface area contributed by atoms with Crippen LogP contribution in [-0.4, -0.2) is 35.2 Å². The average molecular weight is 245 g/mol. The Morgan fingerprint density at radius 2 is 1.94 bits per heavy atom. The van der Waals surface area contributed by atoms with Crippen LogP contribution in [-0.2, 0) is 9.59 Å². The molecule has 0 aromatic rings. The minimum absolute atomic E-state index is 0.0151. The molecule has 1 amide bonds. The number of aliphatic hydroxyl groups is 1. The first-order chi connectivity index (χ1) is 7.99. The highest BCUT2D eigenvalue weighted by Gasteiger charge is 2.13. The molecule has 0 rings (SSSR count). The molecule has 0 aliphatic rings. The van der Waals surface area contributed by atoms with Crippen molar-refractivity contribution >= 4 is 11.9 Å². The van der Waals surface area contributed by atoms with Gasteiger partial charge in [-0.1, -0.05) is 20.3 Å². The molecule has 0 aliphatic carbocycles. The number of amides is 1. The number of nitrogens with one attached hydrogen (secondary N) is 1. The second-order valence-electron chi connectivity index (χ2n) is 4.50. The van der Waals surface area contributed by atoms with Gasteiger partial charge in [0.25, 0.3) is 0 Å². The molecule has 0 aromatic carbocycles. The Hall–Kier alpha value is -1.10. The fourth-order valence-corrected chi connectivity index (χ4v) is 1.65. The number of carboxylic acids is 1. The lowest BCUT2D eigenvalue weighted by molar-refractivity contribution is -0.138. The van der Waals surface area contributed by atoms with E-state index in [0.717, 1.165) is 6.42 Å². The molecule has 0 saturated carbocycles. The van der Waals surface area contributed by atoms with Crippen LogP contribution in [0.15, 0.2) is 0 Å². The van der Waals surface area contributed by atoms with Gasteiger partial charge in [0.15, 0.2) is 0 Å². The Balaban J connectivity index is 3.81. The van der Waals surface area contributed by atoms with E-state index in [0.29, 0.717) is 18.9 Å². The number of aliphatic hydroxyl groups excluding tert-OH is 1. The summed E-state index contributed by atoms with van der Waals surface area (Å²) in [6.07, 6.45) is 1.84. The smallest absolute Gasteiger partial charge is 0.303 e. The zero-order valence-corrected chi connectivity index (χ0v) is 10.6. The first-order valence-corrected chi connectivity index (χ1v) is 6.08. The third-order valence-corrected chi connectivity index (χ3v) is 2.76. The van der Waals surface area contributed by atoms with Crippen molar-refractivity contribution in [3.8, 4) is 0 Å². The summed E-state index contributed by atoms with van der Waals surface area (Å²) in [5.74, 6) is -0.851. The highest BCUT2D eigenvalue weighted by molar-refractivity contribution is 5.77. The first kappa shape index (κ1) is 15.9. The van der Waals surface area contributed by atoms with Crippen molar-refractivity contribution in [3.63, 3.8) is 0 Å². The largest absolute Gasteiger partial charge is 0.481 e. The van der Waals surface area contributed by atoms with E-state index in [1.807, 2.05) is 6.92 Å². The summed E-state index contributed by atoms with van der Waals surface area (Å²) in [6.45, 7) is 4.44. The van der Waals surface area contributed by atoms with Gasteiger partial charge in [0.2, 0.25) is 5.91 Å². The van der Waals surface area contributed by atoms with Gasteiger partial charge in [-0.05, 0) is 18.3 Å². The molecule has 2 atom stereocenters. The molecule has 0 heterocycles. The van der Waals surface area contributed by atoms with Crippen LogP contribution in [0.25, 0.3) is 0 Å². The van der Waals surface area contributed by atoms with Gasteiger partial charge in [0.05, 0.1) is 0 Å². The maximum absolute atomic E-state index is 11.5. The molecule has 0 bridgehead atoms. The summed E-state index contributed by atoms with van der Waals surface area (Å²) in [6, 6.07) is 0. The summed E-state index contributed by atoms with van der Waals surface area (Å²) in [5.41, 5.74) is 0. The number of hydrogen-bond donors (Lipinski definition) is 3. The van der Waals surface area contributed by atoms with Crippen molar-refractivity contribution in [2.45, 2.75) is 39.5 Å². The summed E-state index contributed by atoms with van der Waals surface area (Å²) in [5, 5.41) is 20.1. The van der Waals surface area contributed by atoms with Crippen LogP contribution in [0.2, 0.25) is 0 Å². The molecule has 0 saturated heterocycles. The van der Waals surface area contributed by atoms with Crippen LogP contribution in [0.4, 0.5) is 0 Å². The van der Waals surface area contributed by atoms with E-state index in [9.17, 15) is 9.59 Å². The van der Waals surface area contributed by atoms with Crippen LogP contribution >= 0.6 is 0 Å². The SMILES string of the molecule is CCC(CCO)CNC(=O)CC(C)CC(=O)O. The number of aliphatic carboxylic acids is 1. The van der Waals surface area contributed by atoms with Crippen molar-refractivity contribution < 1.29 is 19.8 Å². The Bertz CT molecular complexity index is 243. The number of carbonyl (C=O) groups excluding carboxylic acids is 1. The lowest BCUT2D eigenvalue weighted by Gasteiger charge is -2.15. The third-order valence-electron chi connectivity index (χ3n) is 2.76. The molecule has 2 unspecified atom stereocenters. The highest BCUT2D eigenvalue weighted by Crippen LogP contribution is 2.09. The summed E-state index contributed by atoms with van der Waals surface area (Å²) in [7, 11) is 0. The zero-order chi connectivity index (χ0) is 13.3. The standard InChI is InChI=1S/C12H23NO4/c1-3-10(4-5-14)8-13-11(15)6-9(2)7-12(16)17/h9-10,14H,3-8H2,1-2H3,(H,13,15)(H,16,17). The first-order valence-electron chi connectivity index (χ1n) is 6.08. The lowest BCUT2D eigenvalue weighted by Crippen LogP contribution is -2.30. The molecule has 17 heavy (non-hydrogen) atoms. The van der Waals surface area contributed by atoms with Crippen LogP contribution in [0.3, 0.4) is 0 Å². The average Bonchev–Trinajstić information content (AvgIpc) is 2.22. The van der Waals surface area contributed by atoms with Crippen molar-refractivity contribution in [2.75, 3.05) is 13.2 Å². The summed E-state index contributed by atoms with van der Waals surface area (Å²) < 4.78 is 0. The van der Waals surface area contributed by atoms with Gasteiger partial charge >= 0.3 is 5.97 Å². The number of rotatable bonds is 9. The van der Waals surface area contributed by atoms with Gasteiger partial charge in [0, 0.05) is 26.0 Å². The van der Waals surface area contributed by atoms with Crippen molar-refractivity contribution in [3.05, 3.63) is 0 Å². The van der Waals surface area contributed by atoms with E-state index in [1.54, 1.807) is 6.92 Å². The van der Waals surface area contributed by atoms with Gasteiger partial charge in [-0.2, -0.15) is 0 Å². The van der Waals surface area contributed by atoms with Crippen LogP contribution < -0.4 is 5.32 Å². The topological polar surface area (TPSA) is 86.6 Å². The minimum atomic E-state index is -0.878. The molecular weight excluding hydrogens is 222 g/mol. The predicted octanol–water partition coefficient (Wildman–Crippen LogP) is 1.01. The normalized spacial score (nSPS) is 14.1. The Morgan fingerprint density at radius 1 is 1.29 bits per heavy atom. The molecule has 0 radical (unpaired) electrons. The molecule has 5 nitrogen and oxygen atoms in total. The summed E-state index contributed by atoms with van der Waals surface area (Å²) >= 11 is 0. The van der Waals surface area contributed by atoms with Gasteiger partial charge in [-0.25, -0.2) is 0 Å². The van der Waals surface area contributed by atoms with Gasteiger partial charge in [-0.3, -0.25) is 9.59 Å². The van der Waals surface area contributed by atoms with Gasteiger partial charge < -0.3 is 15.5 Å². The van der Waals surface area contributed by atoms with Crippen LogP contribution in [0.1, 0.15) is 39.5 Å². The zero-order valence-electron chi connectivity index (χ0n) is 10.6. The van der Waals surface area contributed by atoms with Crippen molar-refractivity contribution in [2.24, 2.45) is 11.8 Å². The fourth-order valence-electron chi connectivity index (χ4n) is 1.65. The number of carbonyl (C=O) groups is 2. The quantitative estimate of drug-likeness (QED) is 0.566. The number of hydrogen-bond acceptors (Lipinski definition) is 3. The molecule has 0 aromatic heterocycles. The highest BCUT2D eigenvalue weighted by atomic mass is 16.4. The second kappa shape index (κ2) is 8.98. The monoisotopic (exact) mass is 245 g/mol. The fraction of sp³-hybridized carbons (Fsp3) is 0.833. The molecule has 0 fully saturated rings. The van der Waals surface area contributed by atoms with E-state index in [1.165, 1.54) is 0 Å². The molecular formula is C12H23NO4. The number of carboxylic acid groups (broad SMARTS) is 1. The van der Waals surface area contributed by atoms with Crippen LogP contribution in [0.5, 0.6) is 0 Å².